The van der Waals surface area contributed by atoms with Crippen LogP contribution in [0.1, 0.15) is 76.2 Å². The highest BCUT2D eigenvalue weighted by Gasteiger charge is 2.32. The van der Waals surface area contributed by atoms with Gasteiger partial charge in [0.25, 0.3) is 17.6 Å². The normalized spacial score (nSPS) is 19.5. The molecule has 1 aromatic heterocycles. The molecule has 36 heavy (non-hydrogen) atoms. The van der Waals surface area contributed by atoms with Gasteiger partial charge in [-0.2, -0.15) is 0 Å². The summed E-state index contributed by atoms with van der Waals surface area (Å²) in [7, 11) is 1.66. The Morgan fingerprint density at radius 1 is 1.14 bits per heavy atom. The zero-order chi connectivity index (χ0) is 26.0. The Morgan fingerprint density at radius 2 is 1.86 bits per heavy atom. The number of aromatic nitrogens is 1. The van der Waals surface area contributed by atoms with E-state index in [1.54, 1.807) is 37.9 Å². The summed E-state index contributed by atoms with van der Waals surface area (Å²) in [6.07, 6.45) is 6.75. The molecule has 8 nitrogen and oxygen atoms in total. The van der Waals surface area contributed by atoms with Crippen LogP contribution in [0.2, 0.25) is 0 Å². The molecule has 2 heterocycles. The molecule has 2 aromatic rings. The van der Waals surface area contributed by atoms with Crippen LogP contribution in [0.25, 0.3) is 5.57 Å². The Morgan fingerprint density at radius 3 is 2.50 bits per heavy atom. The summed E-state index contributed by atoms with van der Waals surface area (Å²) in [5, 5.41) is 15.3. The van der Waals surface area contributed by atoms with Crippen LogP contribution in [-0.4, -0.2) is 45.6 Å². The molecular formula is C27H31FN4O4. The average Bonchev–Trinajstić information content (AvgIpc) is 3.12. The topological polar surface area (TPSA) is 113 Å². The highest BCUT2D eigenvalue weighted by atomic mass is 19.1. The number of ketones is 1. The number of amides is 2. The van der Waals surface area contributed by atoms with E-state index in [0.29, 0.717) is 61.0 Å². The summed E-state index contributed by atoms with van der Waals surface area (Å²) in [5.74, 6) is -2.29. The molecule has 1 saturated carbocycles. The number of anilines is 1. The molecule has 1 aliphatic carbocycles. The zero-order valence-corrected chi connectivity index (χ0v) is 20.7. The van der Waals surface area contributed by atoms with Crippen LogP contribution in [0.15, 0.2) is 29.4 Å². The number of aliphatic hydroxyl groups is 1. The van der Waals surface area contributed by atoms with Gasteiger partial charge < -0.3 is 20.3 Å². The van der Waals surface area contributed by atoms with Crippen LogP contribution in [0.4, 0.5) is 10.1 Å². The molecule has 1 fully saturated rings. The first kappa shape index (κ1) is 25.5. The molecule has 2 amide bonds. The van der Waals surface area contributed by atoms with Gasteiger partial charge in [-0.1, -0.05) is 0 Å². The van der Waals surface area contributed by atoms with Gasteiger partial charge in [0.05, 0.1) is 23.1 Å². The summed E-state index contributed by atoms with van der Waals surface area (Å²) < 4.78 is 15.3. The number of aliphatic hydroxyl groups excluding tert-OH is 1. The van der Waals surface area contributed by atoms with E-state index in [1.165, 1.54) is 18.2 Å². The fraction of sp³-hybridized carbons (Fsp3) is 0.407. The molecule has 0 unspecified atom stereocenters. The first-order valence-corrected chi connectivity index (χ1v) is 12.2. The lowest BCUT2D eigenvalue weighted by Crippen LogP contribution is -2.42. The van der Waals surface area contributed by atoms with E-state index in [1.807, 2.05) is 0 Å². The van der Waals surface area contributed by atoms with Crippen LogP contribution in [0, 0.1) is 19.7 Å². The highest BCUT2D eigenvalue weighted by Crippen LogP contribution is 2.32. The SMILES string of the molecule is Cc1cc(NC(=O)c2c(C)c(C(=O)C(=O)N[C@H]3CC[C@@H](O)CC3)n(C)c2C2=CN=CCC2)ccc1F. The molecule has 0 radical (unpaired) electrons. The number of nitrogens with one attached hydrogen (secondary N) is 2. The molecule has 0 bridgehead atoms. The van der Waals surface area contributed by atoms with Crippen molar-refractivity contribution in [3.8, 4) is 0 Å². The number of rotatable bonds is 6. The van der Waals surface area contributed by atoms with Gasteiger partial charge in [-0.25, -0.2) is 4.39 Å². The maximum Gasteiger partial charge on any atom is 0.294 e. The van der Waals surface area contributed by atoms with E-state index in [0.717, 1.165) is 5.57 Å². The van der Waals surface area contributed by atoms with Gasteiger partial charge in [-0.05, 0) is 87.3 Å². The van der Waals surface area contributed by atoms with E-state index < -0.39 is 17.6 Å². The fourth-order valence-electron chi connectivity index (χ4n) is 4.98. The van der Waals surface area contributed by atoms with Crippen molar-refractivity contribution < 1.29 is 23.9 Å². The lowest BCUT2D eigenvalue weighted by molar-refractivity contribution is -0.118. The molecule has 9 heteroatoms. The molecule has 1 aromatic carbocycles. The van der Waals surface area contributed by atoms with Gasteiger partial charge in [-0.15, -0.1) is 0 Å². The van der Waals surface area contributed by atoms with Crippen molar-refractivity contribution >= 4 is 35.1 Å². The van der Waals surface area contributed by atoms with Gasteiger partial charge in [0.15, 0.2) is 0 Å². The predicted octanol–water partition coefficient (Wildman–Crippen LogP) is 3.84. The number of hydrogen-bond donors (Lipinski definition) is 3. The number of carbonyl (C=O) groups excluding carboxylic acids is 3. The summed E-state index contributed by atoms with van der Waals surface area (Å²) in [5.41, 5.74) is 2.92. The van der Waals surface area contributed by atoms with E-state index >= 15 is 0 Å². The number of halogens is 1. The van der Waals surface area contributed by atoms with Crippen molar-refractivity contribution in [1.29, 1.82) is 0 Å². The van der Waals surface area contributed by atoms with Gasteiger partial charge in [-0.3, -0.25) is 19.4 Å². The number of aliphatic imine (C=N–C) groups is 1. The lowest BCUT2D eigenvalue weighted by Gasteiger charge is -2.25. The molecule has 190 valence electrons. The average molecular weight is 495 g/mol. The monoisotopic (exact) mass is 494 g/mol. The van der Waals surface area contributed by atoms with Gasteiger partial charge in [0, 0.05) is 31.2 Å². The Kier molecular flexibility index (Phi) is 7.49. The Hall–Kier alpha value is -3.59. The van der Waals surface area contributed by atoms with E-state index in [-0.39, 0.29) is 29.2 Å². The minimum absolute atomic E-state index is 0.134. The summed E-state index contributed by atoms with van der Waals surface area (Å²) in [6, 6.07) is 4.12. The molecule has 0 spiro atoms. The molecule has 2 aliphatic rings. The van der Waals surface area contributed by atoms with Gasteiger partial charge in [0.2, 0.25) is 0 Å². The third kappa shape index (κ3) is 5.16. The zero-order valence-electron chi connectivity index (χ0n) is 20.7. The molecular weight excluding hydrogens is 463 g/mol. The predicted molar refractivity (Wildman–Crippen MR) is 136 cm³/mol. The van der Waals surface area contributed by atoms with Crippen molar-refractivity contribution in [1.82, 2.24) is 9.88 Å². The van der Waals surface area contributed by atoms with Crippen LogP contribution in [0.3, 0.4) is 0 Å². The molecule has 0 atom stereocenters. The van der Waals surface area contributed by atoms with E-state index in [4.69, 9.17) is 0 Å². The van der Waals surface area contributed by atoms with Gasteiger partial charge >= 0.3 is 0 Å². The molecule has 4 rings (SSSR count). The third-order valence-corrected chi connectivity index (χ3v) is 6.92. The second-order valence-corrected chi connectivity index (χ2v) is 9.51. The number of aryl methyl sites for hydroxylation is 1. The van der Waals surface area contributed by atoms with Crippen LogP contribution >= 0.6 is 0 Å². The first-order chi connectivity index (χ1) is 17.2. The van der Waals surface area contributed by atoms with Crippen molar-refractivity contribution in [2.75, 3.05) is 5.32 Å². The summed E-state index contributed by atoms with van der Waals surface area (Å²) in [4.78, 5) is 44.0. The van der Waals surface area contributed by atoms with Crippen LogP contribution < -0.4 is 10.6 Å². The number of allylic oxidation sites excluding steroid dienone is 1. The second kappa shape index (κ2) is 10.6. The minimum Gasteiger partial charge on any atom is -0.393 e. The molecule has 3 N–H and O–H groups in total. The molecule has 1 aliphatic heterocycles. The second-order valence-electron chi connectivity index (χ2n) is 9.51. The Bertz CT molecular complexity index is 1270. The largest absolute Gasteiger partial charge is 0.393 e. The minimum atomic E-state index is -0.733. The maximum absolute atomic E-state index is 13.7. The lowest BCUT2D eigenvalue weighted by atomic mass is 9.93. The number of benzene rings is 1. The Labute approximate surface area is 209 Å². The quantitative estimate of drug-likeness (QED) is 0.418. The van der Waals surface area contributed by atoms with Gasteiger partial charge in [0.1, 0.15) is 5.82 Å². The number of hydrogen-bond acceptors (Lipinski definition) is 5. The Balaban J connectivity index is 1.69. The number of nitrogens with zero attached hydrogens (tertiary/aromatic N) is 2. The van der Waals surface area contributed by atoms with Crippen LogP contribution in [-0.2, 0) is 11.8 Å². The molecule has 0 saturated heterocycles. The summed E-state index contributed by atoms with van der Waals surface area (Å²) in [6.45, 7) is 3.26. The fourth-order valence-corrected chi connectivity index (χ4v) is 4.98. The first-order valence-electron chi connectivity index (χ1n) is 12.2. The van der Waals surface area contributed by atoms with Crippen molar-refractivity contribution in [3.63, 3.8) is 0 Å². The number of carbonyl (C=O) groups is 3. The van der Waals surface area contributed by atoms with Crippen molar-refractivity contribution in [3.05, 3.63) is 58.3 Å². The number of Topliss-reactive ketones (excluding diaryl/α,β-unsaturated/α-hetero) is 1. The van der Waals surface area contributed by atoms with Crippen molar-refractivity contribution in [2.24, 2.45) is 12.0 Å². The summed E-state index contributed by atoms with van der Waals surface area (Å²) >= 11 is 0. The highest BCUT2D eigenvalue weighted by molar-refractivity contribution is 6.43. The maximum atomic E-state index is 13.7. The van der Waals surface area contributed by atoms with Crippen LogP contribution in [0.5, 0.6) is 0 Å². The van der Waals surface area contributed by atoms with E-state index in [9.17, 15) is 23.9 Å². The third-order valence-electron chi connectivity index (χ3n) is 6.92. The standard InChI is InChI=1S/C27H31FN4O4/c1-15-13-19(8-11-21(15)28)31-26(35)22-16(2)23(32(3)24(22)17-5-4-12-29-14-17)25(34)27(36)30-18-6-9-20(33)10-7-18/h8,11-14,18,20,33H,4-7,9-10H2,1-3H3,(H,30,36)(H,31,35)/t18-,20+. The smallest absolute Gasteiger partial charge is 0.294 e. The van der Waals surface area contributed by atoms with Crippen molar-refractivity contribution in [2.45, 2.75) is 64.5 Å². The van der Waals surface area contributed by atoms with E-state index in [2.05, 4.69) is 15.6 Å².